The third-order valence-electron chi connectivity index (χ3n) is 3.73. The van der Waals surface area contributed by atoms with Crippen molar-refractivity contribution < 1.29 is 0 Å². The molecular formula is C17H14N6O. The molecular weight excluding hydrogens is 304 g/mol. The van der Waals surface area contributed by atoms with Crippen molar-refractivity contribution in [3.63, 3.8) is 0 Å². The lowest BCUT2D eigenvalue weighted by atomic mass is 10.1. The zero-order valence-corrected chi connectivity index (χ0v) is 12.7. The van der Waals surface area contributed by atoms with E-state index in [2.05, 4.69) is 20.3 Å². The SMILES string of the molecule is Nc1ccc(-c2nnc3[nH]c(=O)c(Cc4ccccc4)nn23)cc1. The first kappa shape index (κ1) is 14.1. The number of nitrogens with one attached hydrogen (secondary N) is 1. The Kier molecular flexibility index (Phi) is 3.31. The Labute approximate surface area is 136 Å². The predicted octanol–water partition coefficient (Wildman–Crippen LogP) is 1.65. The van der Waals surface area contributed by atoms with Gasteiger partial charge in [0.1, 0.15) is 5.69 Å². The van der Waals surface area contributed by atoms with Gasteiger partial charge in [0.05, 0.1) is 0 Å². The van der Waals surface area contributed by atoms with Crippen LogP contribution < -0.4 is 11.3 Å². The molecule has 4 rings (SSSR count). The van der Waals surface area contributed by atoms with Gasteiger partial charge >= 0.3 is 0 Å². The second-order valence-electron chi connectivity index (χ2n) is 5.44. The van der Waals surface area contributed by atoms with Crippen molar-refractivity contribution >= 4 is 11.5 Å². The summed E-state index contributed by atoms with van der Waals surface area (Å²) in [7, 11) is 0. The van der Waals surface area contributed by atoms with E-state index in [1.54, 1.807) is 16.6 Å². The molecule has 7 heteroatoms. The number of hydrogen-bond acceptors (Lipinski definition) is 5. The number of aromatic amines is 1. The molecule has 2 aromatic heterocycles. The van der Waals surface area contributed by atoms with Crippen LogP contribution in [0.1, 0.15) is 11.3 Å². The van der Waals surface area contributed by atoms with Crippen LogP contribution in [0.5, 0.6) is 0 Å². The van der Waals surface area contributed by atoms with E-state index in [0.29, 0.717) is 29.4 Å². The molecule has 0 aliphatic heterocycles. The highest BCUT2D eigenvalue weighted by molar-refractivity contribution is 5.60. The lowest BCUT2D eigenvalue weighted by molar-refractivity contribution is 0.829. The van der Waals surface area contributed by atoms with Crippen molar-refractivity contribution in [2.24, 2.45) is 0 Å². The molecule has 0 bridgehead atoms. The molecule has 0 amide bonds. The Balaban J connectivity index is 1.82. The Morgan fingerprint density at radius 1 is 1.00 bits per heavy atom. The molecule has 24 heavy (non-hydrogen) atoms. The molecule has 2 heterocycles. The van der Waals surface area contributed by atoms with E-state index < -0.39 is 0 Å². The summed E-state index contributed by atoms with van der Waals surface area (Å²) in [4.78, 5) is 14.9. The monoisotopic (exact) mass is 318 g/mol. The van der Waals surface area contributed by atoms with Gasteiger partial charge in [0.25, 0.3) is 11.3 Å². The smallest absolute Gasteiger partial charge is 0.274 e. The summed E-state index contributed by atoms with van der Waals surface area (Å²) in [5, 5.41) is 12.6. The number of hydrogen-bond donors (Lipinski definition) is 2. The van der Waals surface area contributed by atoms with Gasteiger partial charge in [-0.3, -0.25) is 9.78 Å². The largest absolute Gasteiger partial charge is 0.399 e. The van der Waals surface area contributed by atoms with Crippen LogP contribution in [0.3, 0.4) is 0 Å². The van der Waals surface area contributed by atoms with Crippen molar-refractivity contribution in [1.82, 2.24) is 24.8 Å². The van der Waals surface area contributed by atoms with Crippen LogP contribution in [-0.2, 0) is 6.42 Å². The third-order valence-corrected chi connectivity index (χ3v) is 3.73. The first-order chi connectivity index (χ1) is 11.7. The number of rotatable bonds is 3. The number of aromatic nitrogens is 5. The Morgan fingerprint density at radius 3 is 2.50 bits per heavy atom. The summed E-state index contributed by atoms with van der Waals surface area (Å²) in [5.41, 5.74) is 8.36. The summed E-state index contributed by atoms with van der Waals surface area (Å²) in [6, 6.07) is 17.0. The molecule has 7 nitrogen and oxygen atoms in total. The summed E-state index contributed by atoms with van der Waals surface area (Å²) in [5.74, 6) is 0.860. The van der Waals surface area contributed by atoms with E-state index in [-0.39, 0.29) is 5.56 Å². The number of nitrogen functional groups attached to an aromatic ring is 1. The molecule has 0 radical (unpaired) electrons. The van der Waals surface area contributed by atoms with Crippen molar-refractivity contribution in [2.45, 2.75) is 6.42 Å². The van der Waals surface area contributed by atoms with Gasteiger partial charge in [-0.25, -0.2) is 0 Å². The van der Waals surface area contributed by atoms with Crippen LogP contribution in [0.4, 0.5) is 5.69 Å². The second kappa shape index (κ2) is 5.62. The molecule has 0 aliphatic rings. The zero-order chi connectivity index (χ0) is 16.5. The molecule has 0 spiro atoms. The highest BCUT2D eigenvalue weighted by Gasteiger charge is 2.13. The standard InChI is InChI=1S/C17H14N6O/c18-13-8-6-12(7-9-13)15-20-21-17-19-16(24)14(22-23(15)17)10-11-4-2-1-3-5-11/h1-9H,10,18H2,(H,19,21,24). The predicted molar refractivity (Wildman–Crippen MR) is 90.5 cm³/mol. The molecule has 4 aromatic rings. The van der Waals surface area contributed by atoms with Gasteiger partial charge in [0.2, 0.25) is 0 Å². The van der Waals surface area contributed by atoms with E-state index in [0.717, 1.165) is 11.1 Å². The minimum absolute atomic E-state index is 0.261. The van der Waals surface area contributed by atoms with Gasteiger partial charge in [0.15, 0.2) is 5.82 Å². The van der Waals surface area contributed by atoms with Gasteiger partial charge in [-0.2, -0.15) is 9.61 Å². The van der Waals surface area contributed by atoms with Crippen LogP contribution in [0, 0.1) is 0 Å². The number of benzene rings is 2. The first-order valence-electron chi connectivity index (χ1n) is 7.45. The fourth-order valence-corrected chi connectivity index (χ4v) is 2.51. The molecule has 2 aromatic carbocycles. The van der Waals surface area contributed by atoms with Crippen LogP contribution >= 0.6 is 0 Å². The van der Waals surface area contributed by atoms with Crippen LogP contribution in [-0.4, -0.2) is 24.8 Å². The number of anilines is 1. The maximum atomic E-state index is 12.2. The molecule has 0 fully saturated rings. The Morgan fingerprint density at radius 2 is 1.75 bits per heavy atom. The Hall–Kier alpha value is -3.48. The molecule has 0 saturated heterocycles. The minimum atomic E-state index is -0.261. The maximum Gasteiger partial charge on any atom is 0.274 e. The summed E-state index contributed by atoms with van der Waals surface area (Å²) >= 11 is 0. The quantitative estimate of drug-likeness (QED) is 0.559. The molecule has 0 atom stereocenters. The minimum Gasteiger partial charge on any atom is -0.399 e. The zero-order valence-electron chi connectivity index (χ0n) is 12.7. The van der Waals surface area contributed by atoms with Crippen LogP contribution in [0.25, 0.3) is 17.2 Å². The molecule has 0 aliphatic carbocycles. The molecule has 118 valence electrons. The van der Waals surface area contributed by atoms with E-state index in [4.69, 9.17) is 5.73 Å². The topological polar surface area (TPSA) is 102 Å². The van der Waals surface area contributed by atoms with Crippen molar-refractivity contribution in [3.8, 4) is 11.4 Å². The first-order valence-corrected chi connectivity index (χ1v) is 7.45. The highest BCUT2D eigenvalue weighted by Crippen LogP contribution is 2.18. The van der Waals surface area contributed by atoms with E-state index in [1.165, 1.54) is 0 Å². The van der Waals surface area contributed by atoms with Gasteiger partial charge < -0.3 is 5.73 Å². The number of nitrogens with zero attached hydrogens (tertiary/aromatic N) is 4. The number of nitrogens with two attached hydrogens (primary N) is 1. The molecule has 0 saturated carbocycles. The van der Waals surface area contributed by atoms with E-state index >= 15 is 0 Å². The lowest BCUT2D eigenvalue weighted by Crippen LogP contribution is -2.19. The highest BCUT2D eigenvalue weighted by atomic mass is 16.1. The van der Waals surface area contributed by atoms with Crippen molar-refractivity contribution in [3.05, 3.63) is 76.2 Å². The fraction of sp³-hybridized carbons (Fsp3) is 0.0588. The van der Waals surface area contributed by atoms with E-state index in [1.807, 2.05) is 42.5 Å². The number of H-pyrrole nitrogens is 1. The van der Waals surface area contributed by atoms with Gasteiger partial charge in [-0.05, 0) is 29.8 Å². The number of fused-ring (bicyclic) bond motifs is 1. The lowest BCUT2D eigenvalue weighted by Gasteiger charge is -2.03. The normalized spacial score (nSPS) is 11.0. The third kappa shape index (κ3) is 2.52. The summed E-state index contributed by atoms with van der Waals surface area (Å²) < 4.78 is 1.55. The Bertz CT molecular complexity index is 1050. The fourth-order valence-electron chi connectivity index (χ4n) is 2.51. The molecule has 0 unspecified atom stereocenters. The average molecular weight is 318 g/mol. The van der Waals surface area contributed by atoms with Gasteiger partial charge in [-0.1, -0.05) is 30.3 Å². The van der Waals surface area contributed by atoms with Crippen LogP contribution in [0.2, 0.25) is 0 Å². The van der Waals surface area contributed by atoms with E-state index in [9.17, 15) is 4.79 Å². The van der Waals surface area contributed by atoms with Gasteiger partial charge in [0, 0.05) is 17.7 Å². The van der Waals surface area contributed by atoms with Crippen molar-refractivity contribution in [2.75, 3.05) is 5.73 Å². The second-order valence-corrected chi connectivity index (χ2v) is 5.44. The average Bonchev–Trinajstić information content (AvgIpc) is 2.99. The molecule has 3 N–H and O–H groups in total. The summed E-state index contributed by atoms with van der Waals surface area (Å²) in [6.07, 6.45) is 0.436. The summed E-state index contributed by atoms with van der Waals surface area (Å²) in [6.45, 7) is 0. The van der Waals surface area contributed by atoms with Gasteiger partial charge in [-0.15, -0.1) is 10.2 Å². The maximum absolute atomic E-state index is 12.2. The van der Waals surface area contributed by atoms with Crippen molar-refractivity contribution in [1.29, 1.82) is 0 Å². The van der Waals surface area contributed by atoms with Crippen LogP contribution in [0.15, 0.2) is 59.4 Å².